The minimum Gasteiger partial charge on any atom is -0.457 e. The number of benzene rings is 4. The van der Waals surface area contributed by atoms with Crippen LogP contribution in [0.5, 0.6) is 11.5 Å². The SMILES string of the molecule is Cc1cnc(-n2c3ccccc3c3ccc(Oc4ccc5ccc6oc7c(C)c(C)cnc7c6c5c4)cc32)cc1C. The van der Waals surface area contributed by atoms with E-state index >= 15 is 0 Å². The number of ether oxygens (including phenoxy) is 1. The number of furan rings is 1. The largest absolute Gasteiger partial charge is 0.457 e. The molecule has 0 saturated carbocycles. The van der Waals surface area contributed by atoms with Crippen molar-refractivity contribution >= 4 is 54.6 Å². The molecule has 0 aliphatic carbocycles. The maximum Gasteiger partial charge on any atom is 0.157 e. The molecule has 41 heavy (non-hydrogen) atoms. The molecule has 198 valence electrons. The van der Waals surface area contributed by atoms with Crippen LogP contribution in [0.2, 0.25) is 0 Å². The maximum absolute atomic E-state index is 6.52. The van der Waals surface area contributed by atoms with Crippen LogP contribution >= 0.6 is 0 Å². The number of fused-ring (bicyclic) bond motifs is 8. The van der Waals surface area contributed by atoms with Gasteiger partial charge in [-0.2, -0.15) is 0 Å². The summed E-state index contributed by atoms with van der Waals surface area (Å²) in [4.78, 5) is 9.55. The number of rotatable bonds is 3. The predicted octanol–water partition coefficient (Wildman–Crippen LogP) is 9.65. The van der Waals surface area contributed by atoms with E-state index in [0.29, 0.717) is 0 Å². The number of para-hydroxylation sites is 1. The van der Waals surface area contributed by atoms with Crippen molar-refractivity contribution in [1.29, 1.82) is 0 Å². The number of hydrogen-bond donors (Lipinski definition) is 0. The first-order chi connectivity index (χ1) is 20.0. The Kier molecular flexibility index (Phi) is 5.01. The van der Waals surface area contributed by atoms with Crippen molar-refractivity contribution in [3.63, 3.8) is 0 Å². The highest BCUT2D eigenvalue weighted by Gasteiger charge is 2.17. The second-order valence-electron chi connectivity index (χ2n) is 10.9. The lowest BCUT2D eigenvalue weighted by Gasteiger charge is -2.11. The number of aromatic nitrogens is 3. The summed E-state index contributed by atoms with van der Waals surface area (Å²) in [5, 5.41) is 5.54. The number of hydrogen-bond acceptors (Lipinski definition) is 4. The summed E-state index contributed by atoms with van der Waals surface area (Å²) >= 11 is 0. The van der Waals surface area contributed by atoms with Crippen LogP contribution in [0.1, 0.15) is 22.3 Å². The van der Waals surface area contributed by atoms with Crippen molar-refractivity contribution < 1.29 is 9.15 Å². The Morgan fingerprint density at radius 3 is 2.29 bits per heavy atom. The summed E-state index contributed by atoms with van der Waals surface area (Å²) in [7, 11) is 0. The molecule has 0 aliphatic rings. The molecule has 0 N–H and O–H groups in total. The second kappa shape index (κ2) is 8.67. The number of pyridine rings is 2. The van der Waals surface area contributed by atoms with Gasteiger partial charge in [-0.25, -0.2) is 4.98 Å². The molecule has 8 rings (SSSR count). The number of aryl methyl sites for hydroxylation is 4. The molecule has 0 amide bonds. The van der Waals surface area contributed by atoms with Crippen LogP contribution < -0.4 is 4.74 Å². The first-order valence-electron chi connectivity index (χ1n) is 13.8. The first kappa shape index (κ1) is 23.7. The van der Waals surface area contributed by atoms with Crippen LogP contribution in [-0.4, -0.2) is 14.5 Å². The highest BCUT2D eigenvalue weighted by atomic mass is 16.5. The molecule has 0 aliphatic heterocycles. The van der Waals surface area contributed by atoms with Crippen LogP contribution in [0.15, 0.2) is 95.7 Å². The second-order valence-corrected chi connectivity index (χ2v) is 10.9. The average Bonchev–Trinajstić information content (AvgIpc) is 3.53. The lowest BCUT2D eigenvalue weighted by atomic mass is 10.0. The van der Waals surface area contributed by atoms with E-state index in [9.17, 15) is 0 Å². The Balaban J connectivity index is 1.29. The summed E-state index contributed by atoms with van der Waals surface area (Å²) in [6.45, 7) is 8.36. The van der Waals surface area contributed by atoms with E-state index in [1.807, 2.05) is 30.6 Å². The third-order valence-corrected chi connectivity index (χ3v) is 8.41. The Hall–Kier alpha value is -5.16. The van der Waals surface area contributed by atoms with Gasteiger partial charge in [-0.15, -0.1) is 0 Å². The molecule has 4 aromatic carbocycles. The fourth-order valence-corrected chi connectivity index (χ4v) is 5.89. The molecule has 0 spiro atoms. The summed E-state index contributed by atoms with van der Waals surface area (Å²) in [6, 6.07) is 27.2. The van der Waals surface area contributed by atoms with Gasteiger partial charge in [0.15, 0.2) is 5.58 Å². The van der Waals surface area contributed by atoms with Crippen LogP contribution in [0.4, 0.5) is 0 Å². The van der Waals surface area contributed by atoms with Crippen molar-refractivity contribution in [3.8, 4) is 17.3 Å². The third kappa shape index (κ3) is 3.55. The van der Waals surface area contributed by atoms with Crippen molar-refractivity contribution in [2.75, 3.05) is 0 Å². The zero-order chi connectivity index (χ0) is 27.8. The standard InChI is InChI=1S/C36H27N3O2/c1-20-15-33(37-18-21(20)2)39-30-8-6-5-7-27(30)28-13-12-26(17-31(28)39)40-25-11-9-24-10-14-32-34(29(24)16-25)35-36(41-32)23(4)22(3)19-38-35/h5-19H,1-4H3. The Morgan fingerprint density at radius 2 is 1.41 bits per heavy atom. The minimum atomic E-state index is 0.759. The van der Waals surface area contributed by atoms with Gasteiger partial charge in [0, 0.05) is 29.2 Å². The van der Waals surface area contributed by atoms with Gasteiger partial charge in [-0.3, -0.25) is 9.55 Å². The molecule has 8 aromatic rings. The maximum atomic E-state index is 6.52. The van der Waals surface area contributed by atoms with E-state index in [2.05, 4.69) is 92.9 Å². The summed E-state index contributed by atoms with van der Waals surface area (Å²) < 4.78 is 15.0. The van der Waals surface area contributed by atoms with Gasteiger partial charge in [-0.05, 0) is 103 Å². The average molecular weight is 534 g/mol. The molecule has 0 fully saturated rings. The van der Waals surface area contributed by atoms with E-state index in [0.717, 1.165) is 77.7 Å². The van der Waals surface area contributed by atoms with Gasteiger partial charge in [-0.1, -0.05) is 30.3 Å². The highest BCUT2D eigenvalue weighted by molar-refractivity contribution is 6.18. The third-order valence-electron chi connectivity index (χ3n) is 8.41. The van der Waals surface area contributed by atoms with E-state index < -0.39 is 0 Å². The van der Waals surface area contributed by atoms with Crippen LogP contribution in [-0.2, 0) is 0 Å². The molecule has 5 heteroatoms. The molecule has 4 heterocycles. The summed E-state index contributed by atoms with van der Waals surface area (Å²) in [5.41, 5.74) is 9.36. The number of nitrogens with zero attached hydrogens (tertiary/aromatic N) is 3. The van der Waals surface area contributed by atoms with Crippen LogP contribution in [0, 0.1) is 27.7 Å². The van der Waals surface area contributed by atoms with Crippen molar-refractivity contribution in [2.24, 2.45) is 0 Å². The van der Waals surface area contributed by atoms with E-state index in [1.54, 1.807) is 0 Å². The van der Waals surface area contributed by atoms with Gasteiger partial charge in [0.05, 0.1) is 16.4 Å². The smallest absolute Gasteiger partial charge is 0.157 e. The molecule has 0 bridgehead atoms. The zero-order valence-electron chi connectivity index (χ0n) is 23.3. The molecule has 0 saturated heterocycles. The fraction of sp³-hybridized carbons (Fsp3) is 0.111. The van der Waals surface area contributed by atoms with Gasteiger partial charge in [0.25, 0.3) is 0 Å². The summed E-state index contributed by atoms with van der Waals surface area (Å²) in [6.07, 6.45) is 3.86. The van der Waals surface area contributed by atoms with Crippen molar-refractivity contribution in [3.05, 3.63) is 114 Å². The molecule has 0 atom stereocenters. The van der Waals surface area contributed by atoms with Gasteiger partial charge in [0.1, 0.15) is 28.4 Å². The summed E-state index contributed by atoms with van der Waals surface area (Å²) in [5.74, 6) is 2.42. The molecule has 4 aromatic heterocycles. The Bertz CT molecular complexity index is 2340. The van der Waals surface area contributed by atoms with Crippen LogP contribution in [0.25, 0.3) is 60.5 Å². The monoisotopic (exact) mass is 533 g/mol. The van der Waals surface area contributed by atoms with E-state index in [-0.39, 0.29) is 0 Å². The highest BCUT2D eigenvalue weighted by Crippen LogP contribution is 2.39. The van der Waals surface area contributed by atoms with Crippen LogP contribution in [0.3, 0.4) is 0 Å². The first-order valence-corrected chi connectivity index (χ1v) is 13.8. The van der Waals surface area contributed by atoms with Crippen molar-refractivity contribution in [1.82, 2.24) is 14.5 Å². The van der Waals surface area contributed by atoms with Gasteiger partial charge in [0.2, 0.25) is 0 Å². The van der Waals surface area contributed by atoms with E-state index in [1.165, 1.54) is 16.5 Å². The quantitative estimate of drug-likeness (QED) is 0.227. The Morgan fingerprint density at radius 1 is 0.659 bits per heavy atom. The predicted molar refractivity (Wildman–Crippen MR) is 167 cm³/mol. The zero-order valence-corrected chi connectivity index (χ0v) is 23.3. The topological polar surface area (TPSA) is 53.1 Å². The molecule has 5 nitrogen and oxygen atoms in total. The van der Waals surface area contributed by atoms with E-state index in [4.69, 9.17) is 19.1 Å². The molecular weight excluding hydrogens is 506 g/mol. The minimum absolute atomic E-state index is 0.759. The van der Waals surface area contributed by atoms with Gasteiger partial charge < -0.3 is 9.15 Å². The lowest BCUT2D eigenvalue weighted by molar-refractivity contribution is 0.484. The van der Waals surface area contributed by atoms with Gasteiger partial charge >= 0.3 is 0 Å². The normalized spacial score (nSPS) is 11.9. The molecular formula is C36H27N3O2. The fourth-order valence-electron chi connectivity index (χ4n) is 5.89. The molecule has 0 unspecified atom stereocenters. The Labute approximate surface area is 236 Å². The molecule has 0 radical (unpaired) electrons. The lowest BCUT2D eigenvalue weighted by Crippen LogP contribution is -1.99. The van der Waals surface area contributed by atoms with Crippen molar-refractivity contribution in [2.45, 2.75) is 27.7 Å².